The lowest BCUT2D eigenvalue weighted by atomic mass is 10.1. The predicted molar refractivity (Wildman–Crippen MR) is 84.1 cm³/mol. The molecule has 3 rings (SSSR count). The van der Waals surface area contributed by atoms with Gasteiger partial charge in [0.2, 0.25) is 5.95 Å². The van der Waals surface area contributed by atoms with E-state index in [1.165, 1.54) is 17.2 Å². The SMILES string of the molecule is Cc1cc2nc(N)n(Cc3ccc(F)c(Cl)c3)c2cc1C. The van der Waals surface area contributed by atoms with E-state index < -0.39 is 5.82 Å². The molecule has 0 fully saturated rings. The molecule has 1 heterocycles. The molecule has 1 aromatic heterocycles. The largest absolute Gasteiger partial charge is 0.369 e. The standard InChI is InChI=1S/C16H15ClFN3/c1-9-5-14-15(6-10(9)2)21(16(19)20-14)8-11-3-4-13(18)12(17)7-11/h3-7H,8H2,1-2H3,(H2,19,20). The molecule has 108 valence electrons. The predicted octanol–water partition coefficient (Wildman–Crippen LogP) is 4.08. The summed E-state index contributed by atoms with van der Waals surface area (Å²) >= 11 is 5.83. The fraction of sp³-hybridized carbons (Fsp3) is 0.188. The molecule has 0 unspecified atom stereocenters. The van der Waals surface area contributed by atoms with Gasteiger partial charge in [0.15, 0.2) is 0 Å². The van der Waals surface area contributed by atoms with Gasteiger partial charge in [-0.25, -0.2) is 9.37 Å². The molecule has 0 amide bonds. The Morgan fingerprint density at radius 3 is 2.62 bits per heavy atom. The molecule has 0 aliphatic carbocycles. The van der Waals surface area contributed by atoms with Crippen molar-refractivity contribution in [3.8, 4) is 0 Å². The molecule has 0 saturated carbocycles. The van der Waals surface area contributed by atoms with Crippen LogP contribution in [0.2, 0.25) is 5.02 Å². The summed E-state index contributed by atoms with van der Waals surface area (Å²) in [6.45, 7) is 4.60. The van der Waals surface area contributed by atoms with E-state index in [4.69, 9.17) is 17.3 Å². The third-order valence-electron chi connectivity index (χ3n) is 3.72. The minimum atomic E-state index is -0.421. The molecule has 3 aromatic rings. The highest BCUT2D eigenvalue weighted by molar-refractivity contribution is 6.30. The van der Waals surface area contributed by atoms with Crippen molar-refractivity contribution in [2.24, 2.45) is 0 Å². The van der Waals surface area contributed by atoms with Gasteiger partial charge in [-0.3, -0.25) is 0 Å². The van der Waals surface area contributed by atoms with Gasteiger partial charge in [0.1, 0.15) is 5.82 Å². The van der Waals surface area contributed by atoms with Crippen molar-refractivity contribution in [3.05, 3.63) is 57.9 Å². The smallest absolute Gasteiger partial charge is 0.201 e. The second kappa shape index (κ2) is 5.04. The quantitative estimate of drug-likeness (QED) is 0.775. The van der Waals surface area contributed by atoms with Crippen LogP contribution in [0.3, 0.4) is 0 Å². The Bertz CT molecular complexity index is 839. The minimum absolute atomic E-state index is 0.113. The number of nitrogen functional groups attached to an aromatic ring is 1. The number of nitrogens with zero attached hydrogens (tertiary/aromatic N) is 2. The summed E-state index contributed by atoms with van der Waals surface area (Å²) in [5.41, 5.74) is 11.1. The van der Waals surface area contributed by atoms with E-state index in [1.54, 1.807) is 12.1 Å². The van der Waals surface area contributed by atoms with E-state index in [0.717, 1.165) is 16.6 Å². The molecule has 2 aromatic carbocycles. The van der Waals surface area contributed by atoms with Gasteiger partial charge in [-0.1, -0.05) is 17.7 Å². The monoisotopic (exact) mass is 303 g/mol. The number of hydrogen-bond donors (Lipinski definition) is 1. The number of benzene rings is 2. The molecule has 0 aliphatic rings. The number of nitrogens with two attached hydrogens (primary N) is 1. The number of aryl methyl sites for hydroxylation is 2. The molecule has 5 heteroatoms. The summed E-state index contributed by atoms with van der Waals surface area (Å²) in [7, 11) is 0. The van der Waals surface area contributed by atoms with Gasteiger partial charge >= 0.3 is 0 Å². The summed E-state index contributed by atoms with van der Waals surface area (Å²) in [6.07, 6.45) is 0. The van der Waals surface area contributed by atoms with E-state index in [1.807, 2.05) is 17.6 Å². The molecule has 21 heavy (non-hydrogen) atoms. The first-order chi connectivity index (χ1) is 9.95. The van der Waals surface area contributed by atoms with Crippen LogP contribution in [0.5, 0.6) is 0 Å². The number of rotatable bonds is 2. The topological polar surface area (TPSA) is 43.8 Å². The number of fused-ring (bicyclic) bond motifs is 1. The zero-order valence-corrected chi connectivity index (χ0v) is 12.6. The van der Waals surface area contributed by atoms with Gasteiger partial charge in [-0.2, -0.15) is 0 Å². The lowest BCUT2D eigenvalue weighted by Gasteiger charge is -2.08. The van der Waals surface area contributed by atoms with Crippen LogP contribution < -0.4 is 5.73 Å². The van der Waals surface area contributed by atoms with Gasteiger partial charge in [-0.05, 0) is 54.8 Å². The highest BCUT2D eigenvalue weighted by Crippen LogP contribution is 2.24. The molecule has 0 spiro atoms. The second-order valence-corrected chi connectivity index (χ2v) is 5.64. The normalized spacial score (nSPS) is 11.2. The van der Waals surface area contributed by atoms with Crippen molar-refractivity contribution >= 4 is 28.6 Å². The van der Waals surface area contributed by atoms with Gasteiger partial charge < -0.3 is 10.3 Å². The Morgan fingerprint density at radius 2 is 1.90 bits per heavy atom. The average molecular weight is 304 g/mol. The van der Waals surface area contributed by atoms with E-state index >= 15 is 0 Å². The Labute approximate surface area is 127 Å². The summed E-state index contributed by atoms with van der Waals surface area (Å²) in [4.78, 5) is 4.38. The highest BCUT2D eigenvalue weighted by atomic mass is 35.5. The summed E-state index contributed by atoms with van der Waals surface area (Å²) < 4.78 is 15.1. The van der Waals surface area contributed by atoms with Crippen LogP contribution in [0.25, 0.3) is 11.0 Å². The molecule has 3 nitrogen and oxygen atoms in total. The molecular formula is C16H15ClFN3. The number of imidazole rings is 1. The molecule has 0 aliphatic heterocycles. The van der Waals surface area contributed by atoms with Gasteiger partial charge in [0.05, 0.1) is 22.6 Å². The highest BCUT2D eigenvalue weighted by Gasteiger charge is 2.11. The first kappa shape index (κ1) is 13.9. The number of aromatic nitrogens is 2. The molecule has 0 bridgehead atoms. The summed E-state index contributed by atoms with van der Waals surface area (Å²) in [6, 6.07) is 8.77. The maximum absolute atomic E-state index is 13.2. The fourth-order valence-electron chi connectivity index (χ4n) is 2.39. The first-order valence-electron chi connectivity index (χ1n) is 6.62. The van der Waals surface area contributed by atoms with Gasteiger partial charge in [-0.15, -0.1) is 0 Å². The van der Waals surface area contributed by atoms with Crippen LogP contribution in [0.15, 0.2) is 30.3 Å². The van der Waals surface area contributed by atoms with E-state index in [2.05, 4.69) is 18.0 Å². The maximum atomic E-state index is 13.2. The van der Waals surface area contributed by atoms with Crippen molar-refractivity contribution < 1.29 is 4.39 Å². The van der Waals surface area contributed by atoms with Crippen molar-refractivity contribution in [1.29, 1.82) is 0 Å². The van der Waals surface area contributed by atoms with Crippen molar-refractivity contribution in [1.82, 2.24) is 9.55 Å². The lowest BCUT2D eigenvalue weighted by Crippen LogP contribution is -2.05. The second-order valence-electron chi connectivity index (χ2n) is 5.23. The zero-order valence-electron chi connectivity index (χ0n) is 11.8. The van der Waals surface area contributed by atoms with E-state index in [0.29, 0.717) is 12.5 Å². The lowest BCUT2D eigenvalue weighted by molar-refractivity contribution is 0.627. The molecule has 0 saturated heterocycles. The van der Waals surface area contributed by atoms with Gasteiger partial charge in [0, 0.05) is 0 Å². The van der Waals surface area contributed by atoms with Crippen molar-refractivity contribution in [3.63, 3.8) is 0 Å². The molecule has 0 atom stereocenters. The van der Waals surface area contributed by atoms with Crippen LogP contribution in [-0.4, -0.2) is 9.55 Å². The van der Waals surface area contributed by atoms with Crippen LogP contribution in [0, 0.1) is 19.7 Å². The Morgan fingerprint density at radius 1 is 1.19 bits per heavy atom. The minimum Gasteiger partial charge on any atom is -0.369 e. The molecule has 2 N–H and O–H groups in total. The van der Waals surface area contributed by atoms with Crippen LogP contribution in [-0.2, 0) is 6.54 Å². The summed E-state index contributed by atoms with van der Waals surface area (Å²) in [5.74, 6) is 0.0193. The third-order valence-corrected chi connectivity index (χ3v) is 4.01. The Balaban J connectivity index is 2.09. The number of anilines is 1. The Hall–Kier alpha value is -2.07. The molecular weight excluding hydrogens is 289 g/mol. The number of halogens is 2. The maximum Gasteiger partial charge on any atom is 0.201 e. The third kappa shape index (κ3) is 2.47. The zero-order chi connectivity index (χ0) is 15.1. The van der Waals surface area contributed by atoms with Crippen LogP contribution in [0.4, 0.5) is 10.3 Å². The fourth-order valence-corrected chi connectivity index (χ4v) is 2.59. The Kier molecular flexibility index (Phi) is 3.33. The van der Waals surface area contributed by atoms with E-state index in [9.17, 15) is 4.39 Å². The molecule has 0 radical (unpaired) electrons. The van der Waals surface area contributed by atoms with E-state index in [-0.39, 0.29) is 5.02 Å². The summed E-state index contributed by atoms with van der Waals surface area (Å²) in [5, 5.41) is 0.113. The number of hydrogen-bond acceptors (Lipinski definition) is 2. The van der Waals surface area contributed by atoms with Crippen LogP contribution >= 0.6 is 11.6 Å². The van der Waals surface area contributed by atoms with Crippen LogP contribution in [0.1, 0.15) is 16.7 Å². The van der Waals surface area contributed by atoms with Crippen molar-refractivity contribution in [2.45, 2.75) is 20.4 Å². The first-order valence-corrected chi connectivity index (χ1v) is 7.00. The van der Waals surface area contributed by atoms with Crippen molar-refractivity contribution in [2.75, 3.05) is 5.73 Å². The van der Waals surface area contributed by atoms with Gasteiger partial charge in [0.25, 0.3) is 0 Å². The average Bonchev–Trinajstić information content (AvgIpc) is 2.71.